The quantitative estimate of drug-likeness (QED) is 0.628. The van der Waals surface area contributed by atoms with Crippen LogP contribution >= 0.6 is 27.3 Å². The smallest absolute Gasteiger partial charge is 0.0390 e. The summed E-state index contributed by atoms with van der Waals surface area (Å²) < 4.78 is 2.54. The fourth-order valence-corrected chi connectivity index (χ4v) is 4.14. The lowest BCUT2D eigenvalue weighted by Gasteiger charge is -2.19. The molecule has 1 heterocycles. The summed E-state index contributed by atoms with van der Waals surface area (Å²) in [5, 5.41) is 7.16. The van der Waals surface area contributed by atoms with E-state index in [4.69, 9.17) is 0 Å². The molecule has 1 unspecified atom stereocenters. The van der Waals surface area contributed by atoms with Gasteiger partial charge in [0.2, 0.25) is 0 Å². The molecule has 0 spiro atoms. The largest absolute Gasteiger partial charge is 0.310 e. The molecule has 108 valence electrons. The van der Waals surface area contributed by atoms with Crippen LogP contribution in [0, 0.1) is 0 Å². The highest BCUT2D eigenvalue weighted by molar-refractivity contribution is 9.10. The molecule has 3 aromatic rings. The van der Waals surface area contributed by atoms with Crippen molar-refractivity contribution < 1.29 is 0 Å². The van der Waals surface area contributed by atoms with Gasteiger partial charge in [0.05, 0.1) is 0 Å². The van der Waals surface area contributed by atoms with E-state index in [2.05, 4.69) is 82.1 Å². The summed E-state index contributed by atoms with van der Waals surface area (Å²) in [5.41, 5.74) is 2.76. The summed E-state index contributed by atoms with van der Waals surface area (Å²) in [6.45, 7) is 3.14. The monoisotopic (exact) mass is 359 g/mol. The standard InChI is InChI=1S/C18H18BrNS/c1-2-20-17(12-13-5-3-7-15(19)11-13)16-8-4-6-14-9-10-21-18(14)16/h3-11,17,20H,2,12H2,1H3. The van der Waals surface area contributed by atoms with Crippen LogP contribution in [0.25, 0.3) is 10.1 Å². The summed E-state index contributed by atoms with van der Waals surface area (Å²) in [5.74, 6) is 0. The van der Waals surface area contributed by atoms with Gasteiger partial charge in [0.25, 0.3) is 0 Å². The Morgan fingerprint density at radius 1 is 1.14 bits per heavy atom. The Morgan fingerprint density at radius 2 is 2.00 bits per heavy atom. The molecule has 0 radical (unpaired) electrons. The molecule has 3 heteroatoms. The van der Waals surface area contributed by atoms with Gasteiger partial charge in [-0.1, -0.05) is 53.2 Å². The van der Waals surface area contributed by atoms with E-state index >= 15 is 0 Å². The average Bonchev–Trinajstić information content (AvgIpc) is 2.95. The Kier molecular flexibility index (Phi) is 4.73. The lowest BCUT2D eigenvalue weighted by atomic mass is 9.98. The number of fused-ring (bicyclic) bond motifs is 1. The predicted octanol–water partition coefficient (Wildman–Crippen LogP) is 5.56. The van der Waals surface area contributed by atoms with Gasteiger partial charge < -0.3 is 5.32 Å². The van der Waals surface area contributed by atoms with Crippen molar-refractivity contribution in [1.29, 1.82) is 0 Å². The molecule has 21 heavy (non-hydrogen) atoms. The van der Waals surface area contributed by atoms with Crippen molar-refractivity contribution in [2.45, 2.75) is 19.4 Å². The molecule has 0 aliphatic rings. The fraction of sp³-hybridized carbons (Fsp3) is 0.222. The van der Waals surface area contributed by atoms with Crippen LogP contribution in [-0.2, 0) is 6.42 Å². The SMILES string of the molecule is CCNC(Cc1cccc(Br)c1)c1cccc2ccsc12. The highest BCUT2D eigenvalue weighted by atomic mass is 79.9. The van der Waals surface area contributed by atoms with E-state index in [0.29, 0.717) is 6.04 Å². The molecule has 0 bridgehead atoms. The first-order chi connectivity index (χ1) is 10.3. The van der Waals surface area contributed by atoms with Gasteiger partial charge in [-0.25, -0.2) is 0 Å². The minimum atomic E-state index is 0.353. The van der Waals surface area contributed by atoms with Crippen molar-refractivity contribution in [3.63, 3.8) is 0 Å². The summed E-state index contributed by atoms with van der Waals surface area (Å²) in [4.78, 5) is 0. The first-order valence-electron chi connectivity index (χ1n) is 7.22. The third-order valence-corrected chi connectivity index (χ3v) is 5.14. The normalized spacial score (nSPS) is 12.7. The summed E-state index contributed by atoms with van der Waals surface area (Å²) in [7, 11) is 0. The van der Waals surface area contributed by atoms with Crippen LogP contribution in [0.4, 0.5) is 0 Å². The minimum Gasteiger partial charge on any atom is -0.310 e. The molecule has 1 aromatic heterocycles. The topological polar surface area (TPSA) is 12.0 Å². The molecule has 0 saturated heterocycles. The Bertz CT molecular complexity index is 735. The summed E-state index contributed by atoms with van der Waals surface area (Å²) in [6.07, 6.45) is 1.00. The van der Waals surface area contributed by atoms with Gasteiger partial charge >= 0.3 is 0 Å². The average molecular weight is 360 g/mol. The second-order valence-electron chi connectivity index (χ2n) is 5.13. The maximum atomic E-state index is 3.64. The van der Waals surface area contributed by atoms with Crippen molar-refractivity contribution in [1.82, 2.24) is 5.32 Å². The van der Waals surface area contributed by atoms with Crippen molar-refractivity contribution >= 4 is 37.4 Å². The number of halogens is 1. The van der Waals surface area contributed by atoms with Crippen LogP contribution in [0.2, 0.25) is 0 Å². The van der Waals surface area contributed by atoms with E-state index in [-0.39, 0.29) is 0 Å². The van der Waals surface area contributed by atoms with Gasteiger partial charge in [0.1, 0.15) is 0 Å². The number of likely N-dealkylation sites (N-methyl/N-ethyl adjacent to an activating group) is 1. The fourth-order valence-electron chi connectivity index (χ4n) is 2.73. The van der Waals surface area contributed by atoms with Gasteiger partial charge in [0, 0.05) is 15.2 Å². The number of rotatable bonds is 5. The molecular formula is C18H18BrNS. The van der Waals surface area contributed by atoms with Crippen LogP contribution in [0.5, 0.6) is 0 Å². The molecule has 0 aliphatic heterocycles. The van der Waals surface area contributed by atoms with Crippen molar-refractivity contribution in [3.05, 3.63) is 69.5 Å². The highest BCUT2D eigenvalue weighted by Crippen LogP contribution is 2.31. The second kappa shape index (κ2) is 6.73. The van der Waals surface area contributed by atoms with Crippen LogP contribution in [-0.4, -0.2) is 6.54 Å². The molecule has 1 N–H and O–H groups in total. The number of benzene rings is 2. The van der Waals surface area contributed by atoms with Gasteiger partial charge in [-0.2, -0.15) is 0 Å². The van der Waals surface area contributed by atoms with Crippen LogP contribution < -0.4 is 5.32 Å². The Morgan fingerprint density at radius 3 is 2.81 bits per heavy atom. The van der Waals surface area contributed by atoms with E-state index < -0.39 is 0 Å². The maximum absolute atomic E-state index is 3.64. The van der Waals surface area contributed by atoms with Crippen LogP contribution in [0.3, 0.4) is 0 Å². The van der Waals surface area contributed by atoms with Crippen LogP contribution in [0.1, 0.15) is 24.1 Å². The molecular weight excluding hydrogens is 342 g/mol. The number of nitrogens with one attached hydrogen (secondary N) is 1. The van der Waals surface area contributed by atoms with Gasteiger partial charge in [0.15, 0.2) is 0 Å². The summed E-state index contributed by atoms with van der Waals surface area (Å²) >= 11 is 5.40. The lowest BCUT2D eigenvalue weighted by Crippen LogP contribution is -2.23. The Labute approximate surface area is 138 Å². The molecule has 0 saturated carbocycles. The molecule has 2 aromatic carbocycles. The number of thiophene rings is 1. The third kappa shape index (κ3) is 3.37. The lowest BCUT2D eigenvalue weighted by molar-refractivity contribution is 0.554. The zero-order chi connectivity index (χ0) is 14.7. The Balaban J connectivity index is 1.96. The van der Waals surface area contributed by atoms with Crippen molar-refractivity contribution in [3.8, 4) is 0 Å². The molecule has 0 amide bonds. The maximum Gasteiger partial charge on any atom is 0.0390 e. The molecule has 0 aliphatic carbocycles. The van der Waals surface area contributed by atoms with Gasteiger partial charge in [-0.05, 0) is 53.1 Å². The number of hydrogen-bond acceptors (Lipinski definition) is 2. The molecule has 1 atom stereocenters. The van der Waals surface area contributed by atoms with E-state index in [0.717, 1.165) is 17.4 Å². The third-order valence-electron chi connectivity index (χ3n) is 3.66. The van der Waals surface area contributed by atoms with E-state index in [9.17, 15) is 0 Å². The Hall–Kier alpha value is -1.16. The first kappa shape index (κ1) is 14.8. The molecule has 0 fully saturated rings. The molecule has 1 nitrogen and oxygen atoms in total. The van der Waals surface area contributed by atoms with Gasteiger partial charge in [-0.15, -0.1) is 11.3 Å². The minimum absolute atomic E-state index is 0.353. The van der Waals surface area contributed by atoms with Gasteiger partial charge in [-0.3, -0.25) is 0 Å². The van der Waals surface area contributed by atoms with E-state index in [1.807, 2.05) is 11.3 Å². The zero-order valence-corrected chi connectivity index (χ0v) is 14.4. The highest BCUT2D eigenvalue weighted by Gasteiger charge is 2.15. The summed E-state index contributed by atoms with van der Waals surface area (Å²) in [6, 6.07) is 17.7. The zero-order valence-electron chi connectivity index (χ0n) is 12.0. The van der Waals surface area contributed by atoms with Crippen LogP contribution in [0.15, 0.2) is 58.4 Å². The molecule has 3 rings (SSSR count). The predicted molar refractivity (Wildman–Crippen MR) is 96.1 cm³/mol. The number of hydrogen-bond donors (Lipinski definition) is 1. The second-order valence-corrected chi connectivity index (χ2v) is 6.96. The van der Waals surface area contributed by atoms with Crippen molar-refractivity contribution in [2.75, 3.05) is 6.54 Å². The van der Waals surface area contributed by atoms with E-state index in [1.54, 1.807) is 0 Å². The first-order valence-corrected chi connectivity index (χ1v) is 8.89. The van der Waals surface area contributed by atoms with Crippen molar-refractivity contribution in [2.24, 2.45) is 0 Å². The van der Waals surface area contributed by atoms with E-state index in [1.165, 1.54) is 21.2 Å².